The van der Waals surface area contributed by atoms with E-state index in [0.717, 1.165) is 25.7 Å². The molecule has 1 unspecified atom stereocenters. The van der Waals surface area contributed by atoms with Gasteiger partial charge in [-0.15, -0.1) is 0 Å². The fourth-order valence-electron chi connectivity index (χ4n) is 2.91. The van der Waals surface area contributed by atoms with E-state index in [1.165, 1.54) is 6.42 Å². The van der Waals surface area contributed by atoms with Crippen molar-refractivity contribution in [3.05, 3.63) is 34.9 Å². The van der Waals surface area contributed by atoms with Crippen LogP contribution in [0.3, 0.4) is 0 Å². The fourth-order valence-corrected chi connectivity index (χ4v) is 3.15. The van der Waals surface area contributed by atoms with Gasteiger partial charge in [0.1, 0.15) is 5.92 Å². The van der Waals surface area contributed by atoms with Crippen molar-refractivity contribution >= 4 is 17.4 Å². The summed E-state index contributed by atoms with van der Waals surface area (Å²) in [6, 6.07) is 9.29. The zero-order valence-electron chi connectivity index (χ0n) is 11.2. The summed E-state index contributed by atoms with van der Waals surface area (Å²) in [5, 5.41) is 9.89. The molecule has 0 aliphatic heterocycles. The Morgan fingerprint density at radius 2 is 1.95 bits per heavy atom. The Hall–Kier alpha value is -1.33. The molecule has 1 atom stereocenters. The Kier molecular flexibility index (Phi) is 4.27. The van der Waals surface area contributed by atoms with Crippen LogP contribution in [0.5, 0.6) is 0 Å². The van der Waals surface area contributed by atoms with Gasteiger partial charge in [-0.1, -0.05) is 56.0 Å². The van der Waals surface area contributed by atoms with Crippen LogP contribution in [0.4, 0.5) is 0 Å². The molecule has 0 spiro atoms. The lowest BCUT2D eigenvalue weighted by Crippen LogP contribution is -2.34. The van der Waals surface area contributed by atoms with Gasteiger partial charge in [0.2, 0.25) is 0 Å². The molecule has 0 N–H and O–H groups in total. The van der Waals surface area contributed by atoms with E-state index >= 15 is 0 Å². The quantitative estimate of drug-likeness (QED) is 0.816. The number of hydrogen-bond acceptors (Lipinski definition) is 2. The van der Waals surface area contributed by atoms with Crippen molar-refractivity contribution in [1.29, 1.82) is 5.26 Å². The maximum atomic E-state index is 12.7. The minimum atomic E-state index is -0.739. The SMILES string of the molecule is CC1(C(=O)C(C#N)c2ccccc2Cl)CCCCC1. The summed E-state index contributed by atoms with van der Waals surface area (Å²) in [4.78, 5) is 12.7. The van der Waals surface area contributed by atoms with E-state index < -0.39 is 5.92 Å². The molecule has 1 fully saturated rings. The van der Waals surface area contributed by atoms with Gasteiger partial charge in [0, 0.05) is 10.4 Å². The van der Waals surface area contributed by atoms with Crippen molar-refractivity contribution in [2.24, 2.45) is 5.41 Å². The molecular formula is C16H18ClNO. The zero-order valence-corrected chi connectivity index (χ0v) is 11.9. The Labute approximate surface area is 119 Å². The molecule has 1 aliphatic carbocycles. The first-order valence-corrected chi connectivity index (χ1v) is 7.15. The highest BCUT2D eigenvalue weighted by molar-refractivity contribution is 6.31. The number of hydrogen-bond donors (Lipinski definition) is 0. The molecule has 100 valence electrons. The van der Waals surface area contributed by atoms with Gasteiger partial charge in [0.05, 0.1) is 6.07 Å². The predicted octanol–water partition coefficient (Wildman–Crippen LogP) is 4.49. The fraction of sp³-hybridized carbons (Fsp3) is 0.500. The highest BCUT2D eigenvalue weighted by atomic mass is 35.5. The summed E-state index contributed by atoms with van der Waals surface area (Å²) in [6.07, 6.45) is 5.10. The van der Waals surface area contributed by atoms with Gasteiger partial charge in [-0.25, -0.2) is 0 Å². The maximum absolute atomic E-state index is 12.7. The smallest absolute Gasteiger partial charge is 0.160 e. The average Bonchev–Trinajstić information content (AvgIpc) is 2.42. The number of nitriles is 1. The highest BCUT2D eigenvalue weighted by Crippen LogP contribution is 2.41. The first-order chi connectivity index (χ1) is 9.08. The summed E-state index contributed by atoms with van der Waals surface area (Å²) >= 11 is 6.12. The van der Waals surface area contributed by atoms with Gasteiger partial charge < -0.3 is 0 Å². The lowest BCUT2D eigenvalue weighted by molar-refractivity contribution is -0.129. The van der Waals surface area contributed by atoms with Gasteiger partial charge in [-0.05, 0) is 24.5 Å². The van der Waals surface area contributed by atoms with E-state index in [-0.39, 0.29) is 11.2 Å². The highest BCUT2D eigenvalue weighted by Gasteiger charge is 2.39. The molecule has 0 radical (unpaired) electrons. The Bertz CT molecular complexity index is 512. The number of halogens is 1. The molecule has 0 saturated heterocycles. The van der Waals surface area contributed by atoms with Crippen LogP contribution in [0.2, 0.25) is 5.02 Å². The Morgan fingerprint density at radius 3 is 2.53 bits per heavy atom. The summed E-state index contributed by atoms with van der Waals surface area (Å²) in [7, 11) is 0. The molecule has 19 heavy (non-hydrogen) atoms. The molecule has 2 rings (SSSR count). The summed E-state index contributed by atoms with van der Waals surface area (Å²) in [5.41, 5.74) is 0.279. The first-order valence-electron chi connectivity index (χ1n) is 6.77. The Morgan fingerprint density at radius 1 is 1.32 bits per heavy atom. The van der Waals surface area contributed by atoms with Crippen LogP contribution in [-0.4, -0.2) is 5.78 Å². The molecular weight excluding hydrogens is 258 g/mol. The second kappa shape index (κ2) is 5.75. The van der Waals surface area contributed by atoms with E-state index in [1.54, 1.807) is 12.1 Å². The van der Waals surface area contributed by atoms with Crippen molar-refractivity contribution in [1.82, 2.24) is 0 Å². The van der Waals surface area contributed by atoms with Gasteiger partial charge in [0.15, 0.2) is 5.78 Å². The van der Waals surface area contributed by atoms with Gasteiger partial charge >= 0.3 is 0 Å². The molecule has 3 heteroatoms. The number of nitrogens with zero attached hydrogens (tertiary/aromatic N) is 1. The summed E-state index contributed by atoms with van der Waals surface area (Å²) < 4.78 is 0. The molecule has 0 aromatic heterocycles. The zero-order chi connectivity index (χ0) is 13.9. The predicted molar refractivity (Wildman–Crippen MR) is 76.0 cm³/mol. The van der Waals surface area contributed by atoms with Crippen molar-refractivity contribution in [3.63, 3.8) is 0 Å². The maximum Gasteiger partial charge on any atom is 0.160 e. The number of Topliss-reactive ketones (excluding diaryl/α,β-unsaturated/α-hetero) is 1. The van der Waals surface area contributed by atoms with E-state index in [1.807, 2.05) is 19.1 Å². The lowest BCUT2D eigenvalue weighted by Gasteiger charge is -2.33. The average molecular weight is 276 g/mol. The lowest BCUT2D eigenvalue weighted by atomic mass is 9.68. The Balaban J connectivity index is 2.30. The van der Waals surface area contributed by atoms with Crippen LogP contribution in [0.1, 0.15) is 50.5 Å². The molecule has 0 bridgehead atoms. The number of carbonyl (C=O) groups excluding carboxylic acids is 1. The van der Waals surface area contributed by atoms with E-state index in [4.69, 9.17) is 11.6 Å². The van der Waals surface area contributed by atoms with Crippen molar-refractivity contribution in [2.45, 2.75) is 44.9 Å². The minimum absolute atomic E-state index is 0.0304. The third kappa shape index (κ3) is 2.82. The minimum Gasteiger partial charge on any atom is -0.297 e. The monoisotopic (exact) mass is 275 g/mol. The normalized spacial score (nSPS) is 19.4. The second-order valence-electron chi connectivity index (χ2n) is 5.57. The summed E-state index contributed by atoms with van der Waals surface area (Å²) in [6.45, 7) is 2.00. The topological polar surface area (TPSA) is 40.9 Å². The van der Waals surface area contributed by atoms with Crippen LogP contribution in [-0.2, 0) is 4.79 Å². The van der Waals surface area contributed by atoms with Crippen LogP contribution < -0.4 is 0 Å². The van der Waals surface area contributed by atoms with Crippen molar-refractivity contribution in [2.75, 3.05) is 0 Å². The van der Waals surface area contributed by atoms with Gasteiger partial charge in [-0.2, -0.15) is 5.26 Å². The number of benzene rings is 1. The van der Waals surface area contributed by atoms with Crippen LogP contribution in [0.15, 0.2) is 24.3 Å². The number of carbonyl (C=O) groups is 1. The van der Waals surface area contributed by atoms with Crippen LogP contribution in [0.25, 0.3) is 0 Å². The largest absolute Gasteiger partial charge is 0.297 e. The molecule has 2 nitrogen and oxygen atoms in total. The molecule has 1 aliphatic rings. The number of rotatable bonds is 3. The van der Waals surface area contributed by atoms with E-state index in [2.05, 4.69) is 6.07 Å². The van der Waals surface area contributed by atoms with Crippen molar-refractivity contribution < 1.29 is 4.79 Å². The van der Waals surface area contributed by atoms with E-state index in [9.17, 15) is 10.1 Å². The van der Waals surface area contributed by atoms with Gasteiger partial charge in [-0.3, -0.25) is 4.79 Å². The molecule has 0 heterocycles. The first kappa shape index (κ1) is 14.1. The van der Waals surface area contributed by atoms with E-state index in [0.29, 0.717) is 10.6 Å². The number of ketones is 1. The molecule has 1 saturated carbocycles. The standard InChI is InChI=1S/C16H18ClNO/c1-16(9-5-2-6-10-16)15(19)13(11-18)12-7-3-4-8-14(12)17/h3-4,7-8,13H,2,5-6,9-10H2,1H3. The third-order valence-electron chi connectivity index (χ3n) is 4.16. The van der Waals surface area contributed by atoms with Gasteiger partial charge in [0.25, 0.3) is 0 Å². The van der Waals surface area contributed by atoms with Crippen molar-refractivity contribution in [3.8, 4) is 6.07 Å². The molecule has 1 aromatic carbocycles. The second-order valence-corrected chi connectivity index (χ2v) is 5.98. The third-order valence-corrected chi connectivity index (χ3v) is 4.50. The van der Waals surface area contributed by atoms with Crippen LogP contribution >= 0.6 is 11.6 Å². The van der Waals surface area contributed by atoms with Crippen LogP contribution in [0, 0.1) is 16.7 Å². The molecule has 1 aromatic rings. The summed E-state index contributed by atoms with van der Waals surface area (Å²) in [5.74, 6) is -0.709. The molecule has 0 amide bonds.